The van der Waals surface area contributed by atoms with E-state index in [1.54, 1.807) is 6.07 Å². The maximum Gasteiger partial charge on any atom is 0.471 e. The second-order valence-corrected chi connectivity index (χ2v) is 5.81. The molecule has 1 amide bonds. The van der Waals surface area contributed by atoms with Crippen LogP contribution in [0.4, 0.5) is 18.9 Å². The molecule has 0 saturated carbocycles. The third kappa shape index (κ3) is 2.58. The number of allylic oxidation sites excluding steroid dienone is 1. The first-order valence-electron chi connectivity index (χ1n) is 7.07. The molecule has 122 valence electrons. The van der Waals surface area contributed by atoms with E-state index in [4.69, 9.17) is 0 Å². The number of fused-ring (bicyclic) bond motifs is 2. The minimum Gasteiger partial charge on any atom is -0.335 e. The maximum atomic E-state index is 12.5. The molecule has 1 aliphatic carbocycles. The van der Waals surface area contributed by atoms with Crippen molar-refractivity contribution in [1.29, 1.82) is 0 Å². The average Bonchev–Trinajstić information content (AvgIpc) is 2.85. The van der Waals surface area contributed by atoms with Gasteiger partial charge < -0.3 is 4.90 Å². The van der Waals surface area contributed by atoms with Gasteiger partial charge in [0.25, 0.3) is 5.69 Å². The summed E-state index contributed by atoms with van der Waals surface area (Å²) in [5.74, 6) is -1.83. The summed E-state index contributed by atoms with van der Waals surface area (Å²) in [5.41, 5.74) is 1.03. The molecule has 0 radical (unpaired) electrons. The van der Waals surface area contributed by atoms with E-state index in [0.29, 0.717) is 12.8 Å². The predicted octanol–water partition coefficient (Wildman–Crippen LogP) is 3.04. The summed E-state index contributed by atoms with van der Waals surface area (Å²) in [6, 6.07) is 4.53. The van der Waals surface area contributed by atoms with E-state index in [1.165, 1.54) is 12.1 Å². The summed E-state index contributed by atoms with van der Waals surface area (Å²) in [6.07, 6.45) is -0.511. The lowest BCUT2D eigenvalue weighted by Crippen LogP contribution is -2.48. The second kappa shape index (κ2) is 5.07. The van der Waals surface area contributed by atoms with Crippen LogP contribution in [-0.2, 0) is 10.2 Å². The van der Waals surface area contributed by atoms with E-state index in [9.17, 15) is 28.1 Å². The Labute approximate surface area is 129 Å². The third-order valence-corrected chi connectivity index (χ3v) is 4.55. The summed E-state index contributed by atoms with van der Waals surface area (Å²) >= 11 is 0. The summed E-state index contributed by atoms with van der Waals surface area (Å²) < 4.78 is 37.5. The fourth-order valence-corrected chi connectivity index (χ4v) is 3.30. The van der Waals surface area contributed by atoms with E-state index in [-0.39, 0.29) is 18.8 Å². The van der Waals surface area contributed by atoms with Gasteiger partial charge in [0.15, 0.2) is 0 Å². The van der Waals surface area contributed by atoms with E-state index in [0.717, 1.165) is 16.0 Å². The Morgan fingerprint density at radius 1 is 1.26 bits per heavy atom. The Hall–Kier alpha value is -2.38. The monoisotopic (exact) mass is 326 g/mol. The van der Waals surface area contributed by atoms with Crippen LogP contribution in [0.3, 0.4) is 0 Å². The van der Waals surface area contributed by atoms with Gasteiger partial charge in [-0.1, -0.05) is 12.2 Å². The molecule has 0 bridgehead atoms. The number of non-ortho nitro benzene ring substituents is 1. The van der Waals surface area contributed by atoms with Gasteiger partial charge in [-0.15, -0.1) is 0 Å². The molecule has 8 heteroatoms. The molecule has 0 atom stereocenters. The minimum atomic E-state index is -4.87. The fraction of sp³-hybridized carbons (Fsp3) is 0.400. The van der Waals surface area contributed by atoms with Gasteiger partial charge in [0.1, 0.15) is 0 Å². The number of amides is 1. The van der Waals surface area contributed by atoms with Gasteiger partial charge in [0, 0.05) is 30.6 Å². The highest BCUT2D eigenvalue weighted by Crippen LogP contribution is 2.45. The Kier molecular flexibility index (Phi) is 3.42. The highest BCUT2D eigenvalue weighted by molar-refractivity contribution is 5.82. The molecule has 0 aromatic heterocycles. The lowest BCUT2D eigenvalue weighted by molar-refractivity contribution is -0.385. The number of hydrogen-bond acceptors (Lipinski definition) is 3. The molecular formula is C15H13F3N2O3. The zero-order chi connectivity index (χ0) is 16.8. The van der Waals surface area contributed by atoms with Crippen molar-refractivity contribution in [2.75, 3.05) is 13.1 Å². The lowest BCUT2D eigenvalue weighted by atomic mass is 9.74. The number of carbonyl (C=O) groups is 1. The van der Waals surface area contributed by atoms with Crippen molar-refractivity contribution in [3.05, 3.63) is 45.5 Å². The SMILES string of the molecule is O=C(N1CCC2(C=Cc3ccc([N+](=O)[O-])cc32)CC1)C(F)(F)F. The molecule has 2 aliphatic rings. The number of nitro groups is 1. The van der Waals surface area contributed by atoms with Crippen LogP contribution in [0.1, 0.15) is 24.0 Å². The molecule has 1 saturated heterocycles. The van der Waals surface area contributed by atoms with Crippen molar-refractivity contribution < 1.29 is 22.9 Å². The lowest BCUT2D eigenvalue weighted by Gasteiger charge is -2.39. The number of nitro benzene ring substituents is 1. The first-order valence-corrected chi connectivity index (χ1v) is 7.07. The zero-order valence-corrected chi connectivity index (χ0v) is 12.0. The zero-order valence-electron chi connectivity index (χ0n) is 12.0. The number of benzene rings is 1. The van der Waals surface area contributed by atoms with Gasteiger partial charge in [0.05, 0.1) is 4.92 Å². The van der Waals surface area contributed by atoms with Crippen LogP contribution in [-0.4, -0.2) is 35.0 Å². The number of piperidine rings is 1. The highest BCUT2D eigenvalue weighted by atomic mass is 19.4. The molecule has 1 heterocycles. The van der Waals surface area contributed by atoms with E-state index < -0.39 is 22.4 Å². The van der Waals surface area contributed by atoms with Gasteiger partial charge in [-0.3, -0.25) is 14.9 Å². The van der Waals surface area contributed by atoms with Crippen molar-refractivity contribution in [1.82, 2.24) is 4.90 Å². The van der Waals surface area contributed by atoms with E-state index >= 15 is 0 Å². The normalized spacial score (nSPS) is 19.0. The molecule has 1 aliphatic heterocycles. The number of likely N-dealkylation sites (tertiary alicyclic amines) is 1. The number of hydrogen-bond donors (Lipinski definition) is 0. The molecule has 1 aromatic carbocycles. The summed E-state index contributed by atoms with van der Waals surface area (Å²) in [6.45, 7) is -0.0460. The maximum absolute atomic E-state index is 12.5. The van der Waals surface area contributed by atoms with Gasteiger partial charge in [-0.25, -0.2) is 0 Å². The van der Waals surface area contributed by atoms with Crippen LogP contribution < -0.4 is 0 Å². The van der Waals surface area contributed by atoms with Crippen molar-refractivity contribution in [3.63, 3.8) is 0 Å². The molecule has 1 spiro atoms. The molecule has 5 nitrogen and oxygen atoms in total. The Balaban J connectivity index is 1.83. The second-order valence-electron chi connectivity index (χ2n) is 5.81. The van der Waals surface area contributed by atoms with Crippen LogP contribution in [0, 0.1) is 10.1 Å². The Morgan fingerprint density at radius 3 is 2.48 bits per heavy atom. The van der Waals surface area contributed by atoms with Crippen LogP contribution in [0.2, 0.25) is 0 Å². The van der Waals surface area contributed by atoms with Crippen LogP contribution in [0.25, 0.3) is 6.08 Å². The van der Waals surface area contributed by atoms with Crippen LogP contribution >= 0.6 is 0 Å². The number of halogens is 3. The van der Waals surface area contributed by atoms with Crippen molar-refractivity contribution >= 4 is 17.7 Å². The van der Waals surface area contributed by atoms with Gasteiger partial charge in [-0.2, -0.15) is 13.2 Å². The van der Waals surface area contributed by atoms with Gasteiger partial charge >= 0.3 is 12.1 Å². The molecule has 3 rings (SSSR count). The highest BCUT2D eigenvalue weighted by Gasteiger charge is 2.46. The standard InChI is InChI=1S/C15H13F3N2O3/c16-15(17,18)13(21)19-7-5-14(6-8-19)4-3-10-1-2-11(20(22)23)9-12(10)14/h1-4,9H,5-8H2. The number of carbonyl (C=O) groups excluding carboxylic acids is 1. The molecule has 0 unspecified atom stereocenters. The van der Waals surface area contributed by atoms with Crippen molar-refractivity contribution in [3.8, 4) is 0 Å². The number of nitrogens with zero attached hydrogens (tertiary/aromatic N) is 2. The summed E-state index contributed by atoms with van der Waals surface area (Å²) in [7, 11) is 0. The van der Waals surface area contributed by atoms with E-state index in [1.807, 2.05) is 12.2 Å². The number of rotatable bonds is 1. The van der Waals surface area contributed by atoms with Crippen molar-refractivity contribution in [2.24, 2.45) is 0 Å². The molecule has 1 aromatic rings. The third-order valence-electron chi connectivity index (χ3n) is 4.55. The van der Waals surface area contributed by atoms with Crippen LogP contribution in [0.15, 0.2) is 24.3 Å². The topological polar surface area (TPSA) is 63.5 Å². The fourth-order valence-electron chi connectivity index (χ4n) is 3.30. The quantitative estimate of drug-likeness (QED) is 0.588. The van der Waals surface area contributed by atoms with Crippen molar-refractivity contribution in [2.45, 2.75) is 24.4 Å². The largest absolute Gasteiger partial charge is 0.471 e. The molecule has 0 N–H and O–H groups in total. The Bertz CT molecular complexity index is 704. The van der Waals surface area contributed by atoms with Crippen LogP contribution in [0.5, 0.6) is 0 Å². The minimum absolute atomic E-state index is 0.0230. The molecular weight excluding hydrogens is 313 g/mol. The molecule has 23 heavy (non-hydrogen) atoms. The summed E-state index contributed by atoms with van der Waals surface area (Å²) in [5, 5.41) is 10.9. The predicted molar refractivity (Wildman–Crippen MR) is 75.7 cm³/mol. The number of alkyl halides is 3. The summed E-state index contributed by atoms with van der Waals surface area (Å²) in [4.78, 5) is 22.5. The van der Waals surface area contributed by atoms with E-state index in [2.05, 4.69) is 0 Å². The first kappa shape index (κ1) is 15.5. The van der Waals surface area contributed by atoms with Gasteiger partial charge in [-0.05, 0) is 30.0 Å². The van der Waals surface area contributed by atoms with Gasteiger partial charge in [0.2, 0.25) is 0 Å². The Morgan fingerprint density at radius 2 is 1.91 bits per heavy atom. The first-order chi connectivity index (χ1) is 10.7. The smallest absolute Gasteiger partial charge is 0.335 e. The molecule has 1 fully saturated rings. The average molecular weight is 326 g/mol.